The van der Waals surface area contributed by atoms with Crippen LogP contribution >= 0.6 is 7.92 Å². The minimum absolute atomic E-state index is 0. The molecule has 1 aliphatic carbocycles. The van der Waals surface area contributed by atoms with Gasteiger partial charge in [-0.3, -0.25) is 0 Å². The van der Waals surface area contributed by atoms with Gasteiger partial charge in [0, 0.05) is 8.41 Å². The molecule has 0 heterocycles. The van der Waals surface area contributed by atoms with E-state index in [1.54, 1.807) is 0 Å². The molecule has 0 aliphatic heterocycles. The van der Waals surface area contributed by atoms with Gasteiger partial charge >= 0.3 is 0 Å². The molecule has 3 radical (unpaired) electrons. The zero-order valence-electron chi connectivity index (χ0n) is 12.8. The molecule has 1 fully saturated rings. The molecule has 0 spiro atoms. The highest BCUT2D eigenvalue weighted by Gasteiger charge is 2.12. The first-order valence-corrected chi connectivity index (χ1v) is 9.01. The largest absolute Gasteiger partial charge is 0.124 e. The summed E-state index contributed by atoms with van der Waals surface area (Å²) < 4.78 is 0. The molecule has 0 saturated heterocycles. The number of benzene rings is 1. The fraction of sp³-hybridized carbons (Fsp3) is 0.500. The van der Waals surface area contributed by atoms with E-state index >= 15 is 0 Å². The maximum absolute atomic E-state index is 3.51. The molecule has 0 amide bonds. The summed E-state index contributed by atoms with van der Waals surface area (Å²) in [4.78, 5) is 0. The molecule has 0 nitrogen and oxygen atoms in total. The highest BCUT2D eigenvalue weighted by molar-refractivity contribution is 7.69. The minimum atomic E-state index is -0.209. The molecule has 0 bridgehead atoms. The van der Waals surface area contributed by atoms with Crippen LogP contribution in [0.2, 0.25) is 0 Å². The van der Waals surface area contributed by atoms with Crippen molar-refractivity contribution >= 4 is 21.6 Å². The monoisotopic (exact) mass is 283 g/mol. The molecule has 105 valence electrons. The Balaban J connectivity index is 0.00000200. The Labute approximate surface area is 127 Å². The fourth-order valence-electron chi connectivity index (χ4n) is 2.68. The lowest BCUT2D eigenvalue weighted by atomic mass is 9.89. The molecular formula is C18H25BP. The fourth-order valence-corrected chi connectivity index (χ4v) is 4.49. The van der Waals surface area contributed by atoms with Gasteiger partial charge in [0.15, 0.2) is 0 Å². The van der Waals surface area contributed by atoms with E-state index in [9.17, 15) is 0 Å². The number of hydrogen-bond acceptors (Lipinski definition) is 0. The third kappa shape index (κ3) is 5.32. The van der Waals surface area contributed by atoms with E-state index in [4.69, 9.17) is 0 Å². The Hall–Kier alpha value is -0.765. The SMILES string of the molecule is CC(C)P(C=C=CC1CCCCC1)c1ccccc1.[B]. The Bertz CT molecular complexity index is 426. The summed E-state index contributed by atoms with van der Waals surface area (Å²) in [6, 6.07) is 10.9. The van der Waals surface area contributed by atoms with Crippen molar-refractivity contribution in [3.05, 3.63) is 48.0 Å². The van der Waals surface area contributed by atoms with Gasteiger partial charge in [0.2, 0.25) is 0 Å². The van der Waals surface area contributed by atoms with Gasteiger partial charge in [-0.2, -0.15) is 0 Å². The number of hydrogen-bond donors (Lipinski definition) is 0. The molecule has 0 N–H and O–H groups in total. The van der Waals surface area contributed by atoms with Crippen molar-refractivity contribution in [2.75, 3.05) is 0 Å². The van der Waals surface area contributed by atoms with Crippen LogP contribution in [0, 0.1) is 5.92 Å². The average Bonchev–Trinajstić information content (AvgIpc) is 2.45. The average molecular weight is 283 g/mol. The smallest absolute Gasteiger partial charge is 0 e. The Morgan fingerprint density at radius 3 is 2.35 bits per heavy atom. The third-order valence-corrected chi connectivity index (χ3v) is 6.24. The van der Waals surface area contributed by atoms with Gasteiger partial charge < -0.3 is 0 Å². The first kappa shape index (κ1) is 17.3. The van der Waals surface area contributed by atoms with Crippen LogP contribution in [0.3, 0.4) is 0 Å². The Kier molecular flexibility index (Phi) is 7.97. The molecule has 2 rings (SSSR count). The van der Waals surface area contributed by atoms with Crippen LogP contribution in [0.4, 0.5) is 0 Å². The van der Waals surface area contributed by atoms with Crippen LogP contribution in [0.25, 0.3) is 0 Å². The maximum Gasteiger partial charge on any atom is 0 e. The number of rotatable bonds is 4. The predicted octanol–water partition coefficient (Wildman–Crippen LogP) is 5.07. The molecule has 1 atom stereocenters. The molecule has 20 heavy (non-hydrogen) atoms. The van der Waals surface area contributed by atoms with Gasteiger partial charge in [0.25, 0.3) is 0 Å². The lowest BCUT2D eigenvalue weighted by molar-refractivity contribution is 0.420. The van der Waals surface area contributed by atoms with Crippen LogP contribution in [0.5, 0.6) is 0 Å². The molecule has 1 aromatic rings. The highest BCUT2D eigenvalue weighted by atomic mass is 31.1. The molecule has 2 heteroatoms. The quantitative estimate of drug-likeness (QED) is 0.411. The summed E-state index contributed by atoms with van der Waals surface area (Å²) in [6.07, 6.45) is 9.30. The first-order chi connectivity index (χ1) is 9.27. The van der Waals surface area contributed by atoms with Gasteiger partial charge in [0.1, 0.15) is 0 Å². The van der Waals surface area contributed by atoms with E-state index in [0.29, 0.717) is 5.66 Å². The first-order valence-electron chi connectivity index (χ1n) is 7.53. The topological polar surface area (TPSA) is 0 Å². The molecule has 1 unspecified atom stereocenters. The Morgan fingerprint density at radius 2 is 1.75 bits per heavy atom. The van der Waals surface area contributed by atoms with Crippen LogP contribution < -0.4 is 5.30 Å². The lowest BCUT2D eigenvalue weighted by Gasteiger charge is -2.18. The minimum Gasteiger partial charge on any atom is -0.124 e. The van der Waals surface area contributed by atoms with Crippen LogP contribution in [-0.2, 0) is 0 Å². The van der Waals surface area contributed by atoms with Crippen LogP contribution in [-0.4, -0.2) is 14.1 Å². The second kappa shape index (κ2) is 9.22. The highest BCUT2D eigenvalue weighted by Crippen LogP contribution is 2.41. The lowest BCUT2D eigenvalue weighted by Crippen LogP contribution is -2.05. The molecular weight excluding hydrogens is 258 g/mol. The van der Waals surface area contributed by atoms with Crippen LogP contribution in [0.15, 0.2) is 48.0 Å². The van der Waals surface area contributed by atoms with E-state index < -0.39 is 0 Å². The van der Waals surface area contributed by atoms with Gasteiger partial charge in [-0.05, 0) is 49.5 Å². The zero-order chi connectivity index (χ0) is 13.5. The zero-order valence-corrected chi connectivity index (χ0v) is 13.7. The maximum atomic E-state index is 3.51. The van der Waals surface area contributed by atoms with E-state index in [2.05, 4.69) is 61.8 Å². The molecule has 1 saturated carbocycles. The second-order valence-corrected chi connectivity index (χ2v) is 8.32. The second-order valence-electron chi connectivity index (χ2n) is 5.70. The Morgan fingerprint density at radius 1 is 1.10 bits per heavy atom. The van der Waals surface area contributed by atoms with Gasteiger partial charge in [-0.1, -0.05) is 63.4 Å². The van der Waals surface area contributed by atoms with Crippen LogP contribution in [0.1, 0.15) is 46.0 Å². The summed E-state index contributed by atoms with van der Waals surface area (Å²) in [5, 5.41) is 1.47. The van der Waals surface area contributed by atoms with E-state index in [1.807, 2.05) is 0 Å². The molecule has 1 aliphatic rings. The third-order valence-electron chi connectivity index (χ3n) is 3.81. The normalized spacial score (nSPS) is 16.9. The number of allylic oxidation sites excluding steroid dienone is 1. The van der Waals surface area contributed by atoms with Crippen molar-refractivity contribution in [3.63, 3.8) is 0 Å². The van der Waals surface area contributed by atoms with Crippen molar-refractivity contribution < 1.29 is 0 Å². The summed E-state index contributed by atoms with van der Waals surface area (Å²) in [7, 11) is -0.209. The predicted molar refractivity (Wildman–Crippen MR) is 93.1 cm³/mol. The van der Waals surface area contributed by atoms with Crippen molar-refractivity contribution in [1.82, 2.24) is 0 Å². The standard InChI is InChI=1S/C18H25P.B/c1-16(2)19(18-13-7-4-8-14-18)15-9-12-17-10-5-3-6-11-17;/h4,7-8,12-17H,3,5-6,10-11H2,1-2H3;. The molecule has 1 aromatic carbocycles. The van der Waals surface area contributed by atoms with Crippen molar-refractivity contribution in [2.24, 2.45) is 5.92 Å². The van der Waals surface area contributed by atoms with E-state index in [0.717, 1.165) is 5.92 Å². The summed E-state index contributed by atoms with van der Waals surface area (Å²) >= 11 is 0. The summed E-state index contributed by atoms with van der Waals surface area (Å²) in [5.74, 6) is 3.12. The van der Waals surface area contributed by atoms with Gasteiger partial charge in [-0.25, -0.2) is 0 Å². The van der Waals surface area contributed by atoms with Gasteiger partial charge in [0.05, 0.1) is 0 Å². The van der Waals surface area contributed by atoms with E-state index in [1.165, 1.54) is 37.4 Å². The van der Waals surface area contributed by atoms with Gasteiger partial charge in [-0.15, -0.1) is 5.73 Å². The summed E-state index contributed by atoms with van der Waals surface area (Å²) in [5.41, 5.74) is 4.20. The van der Waals surface area contributed by atoms with Crippen molar-refractivity contribution in [1.29, 1.82) is 0 Å². The van der Waals surface area contributed by atoms with Crippen molar-refractivity contribution in [3.8, 4) is 0 Å². The summed E-state index contributed by atoms with van der Waals surface area (Å²) in [6.45, 7) is 4.63. The van der Waals surface area contributed by atoms with Crippen molar-refractivity contribution in [2.45, 2.75) is 51.6 Å². The van der Waals surface area contributed by atoms with E-state index in [-0.39, 0.29) is 16.3 Å². The molecule has 0 aromatic heterocycles.